The van der Waals surface area contributed by atoms with Gasteiger partial charge in [0.05, 0.1) is 0 Å². The van der Waals surface area contributed by atoms with E-state index in [4.69, 9.17) is 5.11 Å². The first-order valence-electron chi connectivity index (χ1n) is 4.51. The van der Waals surface area contributed by atoms with Crippen LogP contribution in [0, 0.1) is 0 Å². The lowest BCUT2D eigenvalue weighted by atomic mass is 10.1. The zero-order valence-electron chi connectivity index (χ0n) is 7.96. The number of halogens is 1. The molecule has 1 N–H and O–H groups in total. The van der Waals surface area contributed by atoms with Gasteiger partial charge in [0.2, 0.25) is 0 Å². The van der Waals surface area contributed by atoms with Gasteiger partial charge in [0.25, 0.3) is 0 Å². The van der Waals surface area contributed by atoms with Crippen LogP contribution in [0.4, 0.5) is 0 Å². The molecular formula is C9H17BrO2S. The summed E-state index contributed by atoms with van der Waals surface area (Å²) >= 11 is 5.44. The topological polar surface area (TPSA) is 37.3 Å². The lowest BCUT2D eigenvalue weighted by Crippen LogP contribution is -2.00. The molecule has 0 aromatic rings. The third kappa shape index (κ3) is 10.2. The molecule has 0 saturated carbocycles. The Labute approximate surface area is 92.6 Å². The minimum atomic E-state index is -0.685. The van der Waals surface area contributed by atoms with Crippen LogP contribution in [-0.2, 0) is 4.79 Å². The van der Waals surface area contributed by atoms with Crippen LogP contribution in [0.3, 0.4) is 0 Å². The smallest absolute Gasteiger partial charge is 0.303 e. The molecule has 1 unspecified atom stereocenters. The summed E-state index contributed by atoms with van der Waals surface area (Å²) in [4.78, 5) is 10.8. The van der Waals surface area contributed by atoms with E-state index >= 15 is 0 Å². The number of unbranched alkanes of at least 4 members (excludes halogenated alkanes) is 1. The van der Waals surface area contributed by atoms with Gasteiger partial charge in [-0.05, 0) is 31.3 Å². The molecule has 0 amide bonds. The summed E-state index contributed by atoms with van der Waals surface area (Å²) in [6.45, 7) is 0. The second-order valence-corrected chi connectivity index (χ2v) is 5.30. The van der Waals surface area contributed by atoms with Gasteiger partial charge in [0.15, 0.2) is 0 Å². The van der Waals surface area contributed by atoms with E-state index in [0.29, 0.717) is 11.2 Å². The van der Waals surface area contributed by atoms with Crippen molar-refractivity contribution in [1.29, 1.82) is 0 Å². The number of alkyl halides is 1. The van der Waals surface area contributed by atoms with E-state index < -0.39 is 5.97 Å². The number of hydrogen-bond donors (Lipinski definition) is 1. The molecule has 0 aliphatic heterocycles. The van der Waals surface area contributed by atoms with Crippen LogP contribution in [0.2, 0.25) is 0 Å². The molecule has 0 fully saturated rings. The van der Waals surface area contributed by atoms with Crippen molar-refractivity contribution in [3.05, 3.63) is 0 Å². The first-order valence-corrected chi connectivity index (χ1v) is 6.82. The zero-order valence-corrected chi connectivity index (χ0v) is 10.4. The van der Waals surface area contributed by atoms with Crippen molar-refractivity contribution in [3.63, 3.8) is 0 Å². The number of rotatable bonds is 8. The van der Waals surface area contributed by atoms with Crippen LogP contribution >= 0.6 is 27.7 Å². The van der Waals surface area contributed by atoms with Crippen molar-refractivity contribution in [2.45, 2.75) is 36.9 Å². The van der Waals surface area contributed by atoms with E-state index in [9.17, 15) is 4.79 Å². The maximum atomic E-state index is 10.2. The third-order valence-corrected chi connectivity index (χ3v) is 3.35. The van der Waals surface area contributed by atoms with Crippen LogP contribution in [-0.4, -0.2) is 27.9 Å². The van der Waals surface area contributed by atoms with Crippen LogP contribution in [0.5, 0.6) is 0 Å². The van der Waals surface area contributed by atoms with Crippen LogP contribution < -0.4 is 0 Å². The Hall–Kier alpha value is 0.300. The van der Waals surface area contributed by atoms with Crippen molar-refractivity contribution in [2.24, 2.45) is 0 Å². The monoisotopic (exact) mass is 268 g/mol. The lowest BCUT2D eigenvalue weighted by Gasteiger charge is -2.07. The molecule has 0 spiro atoms. The molecular weight excluding hydrogens is 252 g/mol. The Bertz CT molecular complexity index is 142. The number of carbonyl (C=O) groups is 1. The molecule has 0 saturated heterocycles. The average Bonchev–Trinajstić information content (AvgIpc) is 2.08. The summed E-state index contributed by atoms with van der Waals surface area (Å²) in [7, 11) is 0. The van der Waals surface area contributed by atoms with Gasteiger partial charge in [-0.2, -0.15) is 11.8 Å². The molecule has 0 bridgehead atoms. The Morgan fingerprint density at radius 2 is 2.15 bits per heavy atom. The molecule has 0 heterocycles. The number of aliphatic carboxylic acids is 1. The highest BCUT2D eigenvalue weighted by atomic mass is 79.9. The van der Waals surface area contributed by atoms with Gasteiger partial charge in [-0.15, -0.1) is 0 Å². The van der Waals surface area contributed by atoms with Crippen LogP contribution in [0.25, 0.3) is 0 Å². The highest BCUT2D eigenvalue weighted by molar-refractivity contribution is 9.09. The lowest BCUT2D eigenvalue weighted by molar-refractivity contribution is -0.137. The molecule has 13 heavy (non-hydrogen) atoms. The van der Waals surface area contributed by atoms with Gasteiger partial charge in [0, 0.05) is 11.2 Å². The number of carboxylic acid groups (broad SMARTS) is 1. The summed E-state index contributed by atoms with van der Waals surface area (Å²) in [6, 6.07) is 0. The van der Waals surface area contributed by atoms with Gasteiger partial charge in [-0.25, -0.2) is 0 Å². The van der Waals surface area contributed by atoms with Gasteiger partial charge in [-0.3, -0.25) is 4.79 Å². The maximum absolute atomic E-state index is 10.2. The van der Waals surface area contributed by atoms with E-state index in [1.165, 1.54) is 12.2 Å². The van der Waals surface area contributed by atoms with Gasteiger partial charge < -0.3 is 5.11 Å². The first-order chi connectivity index (χ1) is 6.16. The van der Waals surface area contributed by atoms with E-state index in [2.05, 4.69) is 22.2 Å². The summed E-state index contributed by atoms with van der Waals surface area (Å²) < 4.78 is 0. The molecule has 78 valence electrons. The Kier molecular flexibility index (Phi) is 9.08. The fourth-order valence-electron chi connectivity index (χ4n) is 1.03. The van der Waals surface area contributed by atoms with Gasteiger partial charge in [-0.1, -0.05) is 22.4 Å². The van der Waals surface area contributed by atoms with Crippen molar-refractivity contribution in [3.8, 4) is 0 Å². The predicted molar refractivity (Wildman–Crippen MR) is 61.8 cm³/mol. The molecule has 2 nitrogen and oxygen atoms in total. The molecule has 0 aliphatic rings. The number of thioether (sulfide) groups is 1. The Morgan fingerprint density at radius 1 is 1.46 bits per heavy atom. The molecule has 4 heteroatoms. The predicted octanol–water partition coefficient (Wildman–Crippen LogP) is 3.15. The Morgan fingerprint density at radius 3 is 2.69 bits per heavy atom. The Balaban J connectivity index is 3.16. The SMILES string of the molecule is CSCCC(Br)CCCCC(=O)O. The van der Waals surface area contributed by atoms with E-state index in [0.717, 1.165) is 19.3 Å². The average molecular weight is 269 g/mol. The second kappa shape index (κ2) is 8.88. The first kappa shape index (κ1) is 13.3. The minimum absolute atomic E-state index is 0.308. The second-order valence-electron chi connectivity index (χ2n) is 3.02. The standard InChI is InChI=1S/C9H17BrO2S/c1-13-7-6-8(10)4-2-3-5-9(11)12/h8H,2-7H2,1H3,(H,11,12). The molecule has 0 aromatic heterocycles. The zero-order chi connectivity index (χ0) is 10.1. The fraction of sp³-hybridized carbons (Fsp3) is 0.889. The molecule has 0 aromatic carbocycles. The molecule has 0 radical (unpaired) electrons. The largest absolute Gasteiger partial charge is 0.481 e. The maximum Gasteiger partial charge on any atom is 0.303 e. The third-order valence-electron chi connectivity index (χ3n) is 1.79. The van der Waals surface area contributed by atoms with Crippen LogP contribution in [0.1, 0.15) is 32.1 Å². The molecule has 0 aliphatic carbocycles. The highest BCUT2D eigenvalue weighted by Crippen LogP contribution is 2.16. The van der Waals surface area contributed by atoms with E-state index in [1.807, 2.05) is 11.8 Å². The van der Waals surface area contributed by atoms with Crippen molar-refractivity contribution >= 4 is 33.7 Å². The summed E-state index contributed by atoms with van der Waals surface area (Å²) in [5.74, 6) is 0.490. The van der Waals surface area contributed by atoms with Crippen molar-refractivity contribution in [1.82, 2.24) is 0 Å². The summed E-state index contributed by atoms with van der Waals surface area (Å²) in [6.07, 6.45) is 6.49. The normalized spacial score (nSPS) is 12.8. The quantitative estimate of drug-likeness (QED) is 0.543. The summed E-state index contributed by atoms with van der Waals surface area (Å²) in [5.41, 5.74) is 0. The number of carboxylic acids is 1. The summed E-state index contributed by atoms with van der Waals surface area (Å²) in [5, 5.41) is 8.41. The van der Waals surface area contributed by atoms with E-state index in [1.54, 1.807) is 0 Å². The van der Waals surface area contributed by atoms with E-state index in [-0.39, 0.29) is 0 Å². The van der Waals surface area contributed by atoms with Gasteiger partial charge >= 0.3 is 5.97 Å². The highest BCUT2D eigenvalue weighted by Gasteiger charge is 2.03. The van der Waals surface area contributed by atoms with Crippen LogP contribution in [0.15, 0.2) is 0 Å². The molecule has 1 atom stereocenters. The minimum Gasteiger partial charge on any atom is -0.481 e. The van der Waals surface area contributed by atoms with Crippen molar-refractivity contribution in [2.75, 3.05) is 12.0 Å². The molecule has 0 rings (SSSR count). The van der Waals surface area contributed by atoms with Gasteiger partial charge in [0.1, 0.15) is 0 Å². The fourth-order valence-corrected chi connectivity index (χ4v) is 2.41. The van der Waals surface area contributed by atoms with Crippen molar-refractivity contribution < 1.29 is 9.90 Å². The number of hydrogen-bond acceptors (Lipinski definition) is 2.